The first-order chi connectivity index (χ1) is 8.36. The number of hydrogen-bond acceptors (Lipinski definition) is 3. The summed E-state index contributed by atoms with van der Waals surface area (Å²) in [5.41, 5.74) is -0.0690. The molecule has 1 heterocycles. The highest BCUT2D eigenvalue weighted by Gasteiger charge is 2.32. The Balaban J connectivity index is 2.86. The summed E-state index contributed by atoms with van der Waals surface area (Å²) < 4.78 is 0. The van der Waals surface area contributed by atoms with Crippen molar-refractivity contribution in [2.24, 2.45) is 5.41 Å². The van der Waals surface area contributed by atoms with Gasteiger partial charge in [0.15, 0.2) is 0 Å². The Kier molecular flexibility index (Phi) is 4.42. The summed E-state index contributed by atoms with van der Waals surface area (Å²) in [6.07, 6.45) is 1.54. The molecule has 98 valence electrons. The van der Waals surface area contributed by atoms with E-state index in [0.717, 1.165) is 0 Å². The van der Waals surface area contributed by atoms with Crippen LogP contribution in [0.4, 0.5) is 0 Å². The molecule has 18 heavy (non-hydrogen) atoms. The standard InChI is InChI=1S/C13H19N3O2/c1-13(2,3)10(12(18)14-4)16-11(17)9-7-5-6-8-15-9/h5-8,10H,1-4H3,(H,14,18)(H,16,17). The van der Waals surface area contributed by atoms with Gasteiger partial charge >= 0.3 is 0 Å². The van der Waals surface area contributed by atoms with Crippen molar-refractivity contribution in [2.75, 3.05) is 7.05 Å². The van der Waals surface area contributed by atoms with Gasteiger partial charge in [0.25, 0.3) is 5.91 Å². The van der Waals surface area contributed by atoms with Crippen LogP contribution in [0.25, 0.3) is 0 Å². The van der Waals surface area contributed by atoms with Gasteiger partial charge in [0, 0.05) is 13.2 Å². The van der Waals surface area contributed by atoms with E-state index in [-0.39, 0.29) is 17.2 Å². The number of nitrogens with zero attached hydrogens (tertiary/aromatic N) is 1. The van der Waals surface area contributed by atoms with E-state index in [1.165, 1.54) is 0 Å². The van der Waals surface area contributed by atoms with E-state index in [4.69, 9.17) is 0 Å². The highest BCUT2D eigenvalue weighted by atomic mass is 16.2. The summed E-state index contributed by atoms with van der Waals surface area (Å²) in [6, 6.07) is 4.47. The zero-order valence-electron chi connectivity index (χ0n) is 11.2. The third kappa shape index (κ3) is 3.55. The van der Waals surface area contributed by atoms with Gasteiger partial charge < -0.3 is 10.6 Å². The van der Waals surface area contributed by atoms with Crippen LogP contribution in [0.1, 0.15) is 31.3 Å². The molecule has 0 aliphatic heterocycles. The number of carbonyl (C=O) groups excluding carboxylic acids is 2. The average molecular weight is 249 g/mol. The molecule has 0 aromatic carbocycles. The van der Waals surface area contributed by atoms with E-state index >= 15 is 0 Å². The monoisotopic (exact) mass is 249 g/mol. The third-order valence-corrected chi connectivity index (χ3v) is 2.55. The van der Waals surface area contributed by atoms with Crippen molar-refractivity contribution in [3.8, 4) is 0 Å². The number of amides is 2. The number of pyridine rings is 1. The highest BCUT2D eigenvalue weighted by Crippen LogP contribution is 2.19. The fourth-order valence-electron chi connectivity index (χ4n) is 1.52. The molecule has 1 atom stereocenters. The van der Waals surface area contributed by atoms with Gasteiger partial charge in [0.2, 0.25) is 5.91 Å². The maximum atomic E-state index is 12.0. The van der Waals surface area contributed by atoms with Crippen molar-refractivity contribution in [2.45, 2.75) is 26.8 Å². The minimum atomic E-state index is -0.600. The van der Waals surface area contributed by atoms with Crippen LogP contribution in [0.3, 0.4) is 0 Å². The van der Waals surface area contributed by atoms with Crippen molar-refractivity contribution >= 4 is 11.8 Å². The molecule has 0 aliphatic carbocycles. The van der Waals surface area contributed by atoms with E-state index in [2.05, 4.69) is 15.6 Å². The first kappa shape index (κ1) is 14.2. The number of aromatic nitrogens is 1. The molecule has 1 rings (SSSR count). The molecule has 0 aliphatic rings. The number of likely N-dealkylation sites (N-methyl/N-ethyl adjacent to an activating group) is 1. The Labute approximate surface area is 107 Å². The van der Waals surface area contributed by atoms with Crippen molar-refractivity contribution in [1.29, 1.82) is 0 Å². The fraction of sp³-hybridized carbons (Fsp3) is 0.462. The average Bonchev–Trinajstić information content (AvgIpc) is 2.34. The molecular formula is C13H19N3O2. The van der Waals surface area contributed by atoms with Crippen LogP contribution in [0, 0.1) is 5.41 Å². The second-order valence-electron chi connectivity index (χ2n) is 5.10. The van der Waals surface area contributed by atoms with Gasteiger partial charge in [-0.1, -0.05) is 26.8 Å². The number of hydrogen-bond donors (Lipinski definition) is 2. The first-order valence-electron chi connectivity index (χ1n) is 5.79. The summed E-state index contributed by atoms with van der Waals surface area (Å²) >= 11 is 0. The molecule has 0 saturated carbocycles. The van der Waals surface area contributed by atoms with Crippen LogP contribution >= 0.6 is 0 Å². The number of carbonyl (C=O) groups is 2. The largest absolute Gasteiger partial charge is 0.357 e. The topological polar surface area (TPSA) is 71.1 Å². The van der Waals surface area contributed by atoms with Crippen molar-refractivity contribution in [3.63, 3.8) is 0 Å². The normalized spacial score (nSPS) is 12.7. The SMILES string of the molecule is CNC(=O)C(NC(=O)c1ccccn1)C(C)(C)C. The number of rotatable bonds is 3. The fourth-order valence-corrected chi connectivity index (χ4v) is 1.52. The first-order valence-corrected chi connectivity index (χ1v) is 5.79. The minimum absolute atomic E-state index is 0.216. The molecule has 5 nitrogen and oxygen atoms in total. The van der Waals surface area contributed by atoms with Gasteiger partial charge in [-0.3, -0.25) is 14.6 Å². The molecular weight excluding hydrogens is 230 g/mol. The second-order valence-corrected chi connectivity index (χ2v) is 5.10. The Morgan fingerprint density at radius 2 is 1.94 bits per heavy atom. The summed E-state index contributed by atoms with van der Waals surface area (Å²) in [5.74, 6) is -0.564. The van der Waals surface area contributed by atoms with E-state index in [0.29, 0.717) is 5.69 Å². The third-order valence-electron chi connectivity index (χ3n) is 2.55. The Bertz CT molecular complexity index is 424. The molecule has 0 saturated heterocycles. The Hall–Kier alpha value is -1.91. The Morgan fingerprint density at radius 1 is 1.28 bits per heavy atom. The lowest BCUT2D eigenvalue weighted by Crippen LogP contribution is -2.53. The van der Waals surface area contributed by atoms with Gasteiger partial charge in [-0.05, 0) is 17.5 Å². The zero-order chi connectivity index (χ0) is 13.8. The zero-order valence-corrected chi connectivity index (χ0v) is 11.2. The van der Waals surface area contributed by atoms with Crippen LogP contribution in [0.5, 0.6) is 0 Å². The quantitative estimate of drug-likeness (QED) is 0.838. The van der Waals surface area contributed by atoms with Crippen LogP contribution in [0.15, 0.2) is 24.4 Å². The van der Waals surface area contributed by atoms with E-state index < -0.39 is 6.04 Å². The van der Waals surface area contributed by atoms with Crippen LogP contribution in [-0.2, 0) is 4.79 Å². The lowest BCUT2D eigenvalue weighted by Gasteiger charge is -2.29. The number of nitrogens with one attached hydrogen (secondary N) is 2. The molecule has 5 heteroatoms. The van der Waals surface area contributed by atoms with Gasteiger partial charge in [-0.2, -0.15) is 0 Å². The molecule has 0 radical (unpaired) electrons. The summed E-state index contributed by atoms with van der Waals surface area (Å²) in [6.45, 7) is 5.68. The predicted molar refractivity (Wildman–Crippen MR) is 69.0 cm³/mol. The highest BCUT2D eigenvalue weighted by molar-refractivity contribution is 5.96. The minimum Gasteiger partial charge on any atom is -0.357 e. The molecule has 2 N–H and O–H groups in total. The van der Waals surface area contributed by atoms with Crippen molar-refractivity contribution < 1.29 is 9.59 Å². The van der Waals surface area contributed by atoms with Gasteiger partial charge in [-0.15, -0.1) is 0 Å². The predicted octanol–water partition coefficient (Wildman–Crippen LogP) is 0.972. The van der Waals surface area contributed by atoms with Crippen molar-refractivity contribution in [3.05, 3.63) is 30.1 Å². The van der Waals surface area contributed by atoms with Gasteiger partial charge in [0.1, 0.15) is 11.7 Å². The summed E-state index contributed by atoms with van der Waals surface area (Å²) in [4.78, 5) is 27.7. The lowest BCUT2D eigenvalue weighted by atomic mass is 9.86. The molecule has 0 spiro atoms. The van der Waals surface area contributed by atoms with E-state index in [1.807, 2.05) is 20.8 Å². The molecule has 0 fully saturated rings. The second kappa shape index (κ2) is 5.62. The van der Waals surface area contributed by atoms with Crippen LogP contribution < -0.4 is 10.6 Å². The summed E-state index contributed by atoms with van der Waals surface area (Å²) in [5, 5.41) is 5.26. The molecule has 2 amide bonds. The molecule has 0 bridgehead atoms. The Morgan fingerprint density at radius 3 is 2.39 bits per heavy atom. The smallest absolute Gasteiger partial charge is 0.270 e. The molecule has 1 aromatic heterocycles. The van der Waals surface area contributed by atoms with Crippen LogP contribution in [-0.4, -0.2) is 29.9 Å². The van der Waals surface area contributed by atoms with E-state index in [9.17, 15) is 9.59 Å². The van der Waals surface area contributed by atoms with E-state index in [1.54, 1.807) is 31.4 Å². The van der Waals surface area contributed by atoms with Crippen molar-refractivity contribution in [1.82, 2.24) is 15.6 Å². The van der Waals surface area contributed by atoms with Gasteiger partial charge in [0.05, 0.1) is 0 Å². The maximum Gasteiger partial charge on any atom is 0.270 e. The maximum absolute atomic E-state index is 12.0. The summed E-state index contributed by atoms with van der Waals surface area (Å²) in [7, 11) is 1.55. The molecule has 1 unspecified atom stereocenters. The van der Waals surface area contributed by atoms with Gasteiger partial charge in [-0.25, -0.2) is 0 Å². The molecule has 1 aromatic rings. The van der Waals surface area contributed by atoms with Crippen LogP contribution in [0.2, 0.25) is 0 Å². The lowest BCUT2D eigenvalue weighted by molar-refractivity contribution is -0.124.